The maximum Gasteiger partial charge on any atom is 0.325 e. The Labute approximate surface area is 161 Å². The van der Waals surface area contributed by atoms with Gasteiger partial charge in [0.25, 0.3) is 11.5 Å². The normalized spacial score (nSPS) is 24.8. The molecule has 0 bridgehead atoms. The van der Waals surface area contributed by atoms with Crippen molar-refractivity contribution in [2.75, 3.05) is 46.8 Å². The van der Waals surface area contributed by atoms with E-state index in [-0.39, 0.29) is 11.3 Å². The summed E-state index contributed by atoms with van der Waals surface area (Å²) in [7, 11) is 4.09. The van der Waals surface area contributed by atoms with Crippen molar-refractivity contribution in [1.29, 1.82) is 0 Å². The zero-order valence-corrected chi connectivity index (χ0v) is 16.1. The number of furan rings is 1. The van der Waals surface area contributed by atoms with Crippen molar-refractivity contribution in [1.82, 2.24) is 24.7 Å². The van der Waals surface area contributed by atoms with Crippen LogP contribution in [0.2, 0.25) is 0 Å². The summed E-state index contributed by atoms with van der Waals surface area (Å²) in [4.78, 5) is 47.1. The lowest BCUT2D eigenvalue weighted by molar-refractivity contribution is 0.0747. The smallest absolute Gasteiger partial charge is 0.325 e. The van der Waals surface area contributed by atoms with Crippen LogP contribution < -0.4 is 11.2 Å². The number of carbonyl (C=O) groups is 1. The van der Waals surface area contributed by atoms with E-state index in [2.05, 4.69) is 19.8 Å². The molecule has 9 heteroatoms. The average molecular weight is 387 g/mol. The van der Waals surface area contributed by atoms with E-state index in [1.165, 1.54) is 18.6 Å². The second kappa shape index (κ2) is 7.06. The van der Waals surface area contributed by atoms with Crippen molar-refractivity contribution in [3.8, 4) is 0 Å². The predicted molar refractivity (Wildman–Crippen MR) is 102 cm³/mol. The quantitative estimate of drug-likeness (QED) is 0.736. The maximum absolute atomic E-state index is 12.8. The highest BCUT2D eigenvalue weighted by atomic mass is 16.3. The third-order valence-electron chi connectivity index (χ3n) is 5.73. The van der Waals surface area contributed by atoms with Crippen molar-refractivity contribution in [3.05, 3.63) is 56.8 Å². The molecule has 2 aromatic rings. The first-order chi connectivity index (χ1) is 13.3. The molecule has 9 nitrogen and oxygen atoms in total. The van der Waals surface area contributed by atoms with Gasteiger partial charge in [0.2, 0.25) is 0 Å². The van der Waals surface area contributed by atoms with E-state index in [0.29, 0.717) is 36.8 Å². The minimum Gasteiger partial charge on any atom is -0.472 e. The fourth-order valence-corrected chi connectivity index (χ4v) is 4.83. The highest BCUT2D eigenvalue weighted by Gasteiger charge is 2.53. The first-order valence-electron chi connectivity index (χ1n) is 9.36. The van der Waals surface area contributed by atoms with E-state index in [4.69, 9.17) is 4.42 Å². The van der Waals surface area contributed by atoms with Gasteiger partial charge in [-0.1, -0.05) is 0 Å². The summed E-state index contributed by atoms with van der Waals surface area (Å²) in [6.45, 7) is 4.38. The van der Waals surface area contributed by atoms with Crippen LogP contribution >= 0.6 is 0 Å². The first-order valence-corrected chi connectivity index (χ1v) is 9.36. The average Bonchev–Trinajstić information content (AvgIpc) is 3.27. The Morgan fingerprint density at radius 3 is 2.79 bits per heavy atom. The van der Waals surface area contributed by atoms with Gasteiger partial charge in [0.05, 0.1) is 11.8 Å². The Balaban J connectivity index is 1.52. The highest BCUT2D eigenvalue weighted by Crippen LogP contribution is 2.43. The topological polar surface area (TPSA) is 106 Å². The van der Waals surface area contributed by atoms with Crippen LogP contribution in [0.15, 0.2) is 38.7 Å². The van der Waals surface area contributed by atoms with Crippen LogP contribution in [0.4, 0.5) is 0 Å². The SMILES string of the molecule is CN(C)C[C@]12CN(Cc3cc(=O)[nH]c(=O)[nH]3)C[C@H]1CN(C(=O)c1ccoc1)C2. The predicted octanol–water partition coefficient (Wildman–Crippen LogP) is -0.208. The van der Waals surface area contributed by atoms with Crippen molar-refractivity contribution >= 4 is 5.91 Å². The van der Waals surface area contributed by atoms with Gasteiger partial charge in [-0.05, 0) is 26.1 Å². The molecule has 0 saturated carbocycles. The Hall–Kier alpha value is -2.65. The molecular weight excluding hydrogens is 362 g/mol. The fraction of sp³-hybridized carbons (Fsp3) is 0.526. The van der Waals surface area contributed by atoms with Crippen LogP contribution in [0.3, 0.4) is 0 Å². The Bertz CT molecular complexity index is 935. The van der Waals surface area contributed by atoms with Gasteiger partial charge in [-0.15, -0.1) is 0 Å². The second-order valence-electron chi connectivity index (χ2n) is 8.28. The molecule has 0 aliphatic carbocycles. The van der Waals surface area contributed by atoms with Gasteiger partial charge in [-0.25, -0.2) is 4.79 Å². The van der Waals surface area contributed by atoms with Crippen molar-refractivity contribution in [3.63, 3.8) is 0 Å². The van der Waals surface area contributed by atoms with Crippen molar-refractivity contribution in [2.24, 2.45) is 11.3 Å². The largest absolute Gasteiger partial charge is 0.472 e. The summed E-state index contributed by atoms with van der Waals surface area (Å²) in [5, 5.41) is 0. The molecule has 2 N–H and O–H groups in total. The fourth-order valence-electron chi connectivity index (χ4n) is 4.83. The summed E-state index contributed by atoms with van der Waals surface area (Å²) < 4.78 is 5.06. The van der Waals surface area contributed by atoms with Crippen LogP contribution in [0.5, 0.6) is 0 Å². The van der Waals surface area contributed by atoms with Gasteiger partial charge < -0.3 is 19.2 Å². The zero-order chi connectivity index (χ0) is 19.9. The molecule has 150 valence electrons. The number of aromatic nitrogens is 2. The molecule has 1 amide bonds. The van der Waals surface area contributed by atoms with Crippen LogP contribution in [0, 0.1) is 11.3 Å². The number of hydrogen-bond acceptors (Lipinski definition) is 6. The summed E-state index contributed by atoms with van der Waals surface area (Å²) in [6, 6.07) is 3.13. The summed E-state index contributed by atoms with van der Waals surface area (Å²) in [5.74, 6) is 0.339. The van der Waals surface area contributed by atoms with E-state index in [1.807, 2.05) is 19.0 Å². The molecule has 0 unspecified atom stereocenters. The number of likely N-dealkylation sites (tertiary alicyclic amines) is 2. The molecule has 0 radical (unpaired) electrons. The molecule has 28 heavy (non-hydrogen) atoms. The van der Waals surface area contributed by atoms with Crippen molar-refractivity contribution < 1.29 is 9.21 Å². The maximum atomic E-state index is 12.8. The number of nitrogens with one attached hydrogen (secondary N) is 2. The number of nitrogens with zero attached hydrogens (tertiary/aromatic N) is 3. The molecule has 2 aliphatic heterocycles. The lowest BCUT2D eigenvalue weighted by Crippen LogP contribution is -2.43. The summed E-state index contributed by atoms with van der Waals surface area (Å²) in [6.07, 6.45) is 3.01. The molecule has 2 aromatic heterocycles. The zero-order valence-electron chi connectivity index (χ0n) is 16.1. The van der Waals surface area contributed by atoms with Gasteiger partial charge in [0, 0.05) is 56.4 Å². The van der Waals surface area contributed by atoms with Crippen molar-refractivity contribution in [2.45, 2.75) is 6.54 Å². The Morgan fingerprint density at radius 2 is 2.11 bits per heavy atom. The van der Waals surface area contributed by atoms with E-state index in [1.54, 1.807) is 6.07 Å². The van der Waals surface area contributed by atoms with Gasteiger partial charge in [-0.2, -0.15) is 0 Å². The van der Waals surface area contributed by atoms with Gasteiger partial charge >= 0.3 is 5.69 Å². The molecule has 2 saturated heterocycles. The minimum atomic E-state index is -0.484. The van der Waals surface area contributed by atoms with Crippen LogP contribution in [-0.4, -0.2) is 77.4 Å². The number of carbonyl (C=O) groups excluding carboxylic acids is 1. The van der Waals surface area contributed by atoms with Crippen LogP contribution in [0.1, 0.15) is 16.1 Å². The first kappa shape index (κ1) is 18.7. The summed E-state index contributed by atoms with van der Waals surface area (Å²) >= 11 is 0. The molecule has 0 spiro atoms. The molecule has 4 heterocycles. The number of amides is 1. The molecule has 2 fully saturated rings. The third kappa shape index (κ3) is 3.55. The lowest BCUT2D eigenvalue weighted by Gasteiger charge is -2.32. The number of fused-ring (bicyclic) bond motifs is 1. The van der Waals surface area contributed by atoms with Crippen LogP contribution in [0.25, 0.3) is 0 Å². The molecule has 2 atom stereocenters. The van der Waals surface area contributed by atoms with Gasteiger partial charge in [0.1, 0.15) is 6.26 Å². The Morgan fingerprint density at radius 1 is 1.29 bits per heavy atom. The minimum absolute atomic E-state index is 0.00625. The number of hydrogen-bond donors (Lipinski definition) is 2. The molecule has 0 aromatic carbocycles. The molecular formula is C19H25N5O4. The third-order valence-corrected chi connectivity index (χ3v) is 5.73. The monoisotopic (exact) mass is 387 g/mol. The van der Waals surface area contributed by atoms with E-state index >= 15 is 0 Å². The Kier molecular flexibility index (Phi) is 4.72. The summed E-state index contributed by atoms with van der Waals surface area (Å²) in [5.41, 5.74) is 0.280. The molecule has 4 rings (SSSR count). The van der Waals surface area contributed by atoms with E-state index in [9.17, 15) is 14.4 Å². The van der Waals surface area contributed by atoms with E-state index < -0.39 is 11.2 Å². The van der Waals surface area contributed by atoms with Gasteiger partial charge in [-0.3, -0.25) is 19.5 Å². The number of H-pyrrole nitrogens is 2. The number of aromatic amines is 2. The standard InChI is InChI=1S/C19H25N5O4/c1-22(2)10-19-11-23(8-15-5-16(25)21-18(27)20-15)6-14(19)7-24(12-19)17(26)13-3-4-28-9-13/h3-5,9,14H,6-8,10-12H2,1-2H3,(H2,20,21,25,27)/t14-,19+/m0/s1. The second-order valence-corrected chi connectivity index (χ2v) is 8.28. The van der Waals surface area contributed by atoms with Crippen LogP contribution in [-0.2, 0) is 6.54 Å². The van der Waals surface area contributed by atoms with Gasteiger partial charge in [0.15, 0.2) is 0 Å². The molecule has 2 aliphatic rings. The lowest BCUT2D eigenvalue weighted by atomic mass is 9.80. The van der Waals surface area contributed by atoms with E-state index in [0.717, 1.165) is 19.6 Å². The number of rotatable bonds is 5. The highest BCUT2D eigenvalue weighted by molar-refractivity contribution is 5.94.